The fraction of sp³-hybridized carbons (Fsp3) is 0.222. The van der Waals surface area contributed by atoms with E-state index in [0.717, 1.165) is 0 Å². The van der Waals surface area contributed by atoms with Gasteiger partial charge in [0.05, 0.1) is 6.54 Å². The Kier molecular flexibility index (Phi) is 3.61. The molecule has 6 heteroatoms. The molecule has 1 rings (SSSR count). The van der Waals surface area contributed by atoms with Gasteiger partial charge in [0.2, 0.25) is 5.91 Å². The summed E-state index contributed by atoms with van der Waals surface area (Å²) < 4.78 is 0. The van der Waals surface area contributed by atoms with Crippen molar-refractivity contribution in [3.8, 4) is 0 Å². The van der Waals surface area contributed by atoms with Crippen molar-refractivity contribution in [1.82, 2.24) is 15.6 Å². The second-order valence-electron chi connectivity index (χ2n) is 2.80. The van der Waals surface area contributed by atoms with E-state index >= 15 is 0 Å². The van der Waals surface area contributed by atoms with Crippen molar-refractivity contribution in [3.05, 3.63) is 23.9 Å². The Labute approximate surface area is 86.9 Å². The van der Waals surface area contributed by atoms with Crippen LogP contribution in [0.2, 0.25) is 0 Å². The van der Waals surface area contributed by atoms with E-state index < -0.39 is 5.91 Å². The Balaban J connectivity index is 2.58. The number of nitrogens with zero attached hydrogens (tertiary/aromatic N) is 1. The number of carbonyl (C=O) groups excluding carboxylic acids is 2. The normalized spacial score (nSPS) is 9.40. The zero-order chi connectivity index (χ0) is 11.3. The second kappa shape index (κ2) is 4.94. The molecular weight excluding hydrogens is 196 g/mol. The first kappa shape index (κ1) is 11.0. The number of hydrogen-bond donors (Lipinski definition) is 3. The number of nitrogens with one attached hydrogen (secondary N) is 2. The predicted molar refractivity (Wildman–Crippen MR) is 55.0 cm³/mol. The van der Waals surface area contributed by atoms with Crippen LogP contribution in [0.15, 0.2) is 18.2 Å². The smallest absolute Gasteiger partial charge is 0.270 e. The lowest BCUT2D eigenvalue weighted by Crippen LogP contribution is -2.35. The number of nitrogen functional groups attached to an aromatic ring is 1. The van der Waals surface area contributed by atoms with E-state index in [1.807, 2.05) is 0 Å². The summed E-state index contributed by atoms with van der Waals surface area (Å²) in [5.41, 5.74) is 5.60. The van der Waals surface area contributed by atoms with Crippen molar-refractivity contribution in [2.75, 3.05) is 19.3 Å². The van der Waals surface area contributed by atoms with Gasteiger partial charge < -0.3 is 16.4 Å². The highest BCUT2D eigenvalue weighted by Crippen LogP contribution is 1.99. The van der Waals surface area contributed by atoms with E-state index in [1.54, 1.807) is 12.1 Å². The maximum atomic E-state index is 11.4. The van der Waals surface area contributed by atoms with Crippen LogP contribution in [-0.4, -0.2) is 30.4 Å². The first-order chi connectivity index (χ1) is 7.13. The van der Waals surface area contributed by atoms with E-state index in [0.29, 0.717) is 0 Å². The van der Waals surface area contributed by atoms with Gasteiger partial charge in [0, 0.05) is 7.05 Å². The van der Waals surface area contributed by atoms with Gasteiger partial charge in [0.15, 0.2) is 0 Å². The average molecular weight is 208 g/mol. The molecule has 1 heterocycles. The highest BCUT2D eigenvalue weighted by atomic mass is 16.2. The number of aromatic nitrogens is 1. The number of rotatable bonds is 3. The number of anilines is 1. The molecule has 6 nitrogen and oxygen atoms in total. The molecule has 0 radical (unpaired) electrons. The monoisotopic (exact) mass is 208 g/mol. The third-order valence-electron chi connectivity index (χ3n) is 1.69. The molecule has 0 saturated carbocycles. The second-order valence-corrected chi connectivity index (χ2v) is 2.80. The van der Waals surface area contributed by atoms with Crippen molar-refractivity contribution in [2.24, 2.45) is 0 Å². The summed E-state index contributed by atoms with van der Waals surface area (Å²) in [6.45, 7) is -0.0776. The van der Waals surface area contributed by atoms with Crippen LogP contribution in [0, 0.1) is 0 Å². The van der Waals surface area contributed by atoms with Crippen molar-refractivity contribution in [2.45, 2.75) is 0 Å². The van der Waals surface area contributed by atoms with E-state index in [4.69, 9.17) is 5.73 Å². The van der Waals surface area contributed by atoms with Gasteiger partial charge in [-0.15, -0.1) is 0 Å². The molecule has 1 aromatic rings. The molecule has 0 aliphatic carbocycles. The Morgan fingerprint density at radius 1 is 1.47 bits per heavy atom. The predicted octanol–water partition coefficient (Wildman–Crippen LogP) is -0.860. The highest BCUT2D eigenvalue weighted by molar-refractivity contribution is 5.95. The van der Waals surface area contributed by atoms with E-state index in [9.17, 15) is 9.59 Å². The van der Waals surface area contributed by atoms with E-state index in [-0.39, 0.29) is 24.0 Å². The minimum absolute atomic E-state index is 0.0776. The number of carbonyl (C=O) groups is 2. The van der Waals surface area contributed by atoms with Crippen LogP contribution < -0.4 is 16.4 Å². The van der Waals surface area contributed by atoms with Crippen LogP contribution in [-0.2, 0) is 4.79 Å². The number of hydrogen-bond acceptors (Lipinski definition) is 4. The first-order valence-corrected chi connectivity index (χ1v) is 4.35. The number of pyridine rings is 1. The fourth-order valence-corrected chi connectivity index (χ4v) is 0.917. The van der Waals surface area contributed by atoms with Crippen LogP contribution in [0.5, 0.6) is 0 Å². The van der Waals surface area contributed by atoms with Crippen LogP contribution in [0.4, 0.5) is 5.82 Å². The quantitative estimate of drug-likeness (QED) is 0.602. The summed E-state index contributed by atoms with van der Waals surface area (Å²) in [4.78, 5) is 26.1. The molecule has 0 fully saturated rings. The minimum Gasteiger partial charge on any atom is -0.384 e. The van der Waals surface area contributed by atoms with Crippen molar-refractivity contribution >= 4 is 17.6 Å². The molecule has 0 aliphatic rings. The summed E-state index contributed by atoms with van der Waals surface area (Å²) in [6.07, 6.45) is 0. The largest absolute Gasteiger partial charge is 0.384 e. The summed E-state index contributed by atoms with van der Waals surface area (Å²) >= 11 is 0. The molecule has 0 saturated heterocycles. The molecular formula is C9H12N4O2. The third kappa shape index (κ3) is 3.26. The van der Waals surface area contributed by atoms with Gasteiger partial charge in [-0.1, -0.05) is 6.07 Å². The van der Waals surface area contributed by atoms with Crippen LogP contribution in [0.1, 0.15) is 10.5 Å². The van der Waals surface area contributed by atoms with Gasteiger partial charge in [-0.3, -0.25) is 9.59 Å². The van der Waals surface area contributed by atoms with Crippen LogP contribution in [0.25, 0.3) is 0 Å². The highest BCUT2D eigenvalue weighted by Gasteiger charge is 2.08. The molecule has 0 spiro atoms. The third-order valence-corrected chi connectivity index (χ3v) is 1.69. The van der Waals surface area contributed by atoms with Gasteiger partial charge in [0.1, 0.15) is 11.5 Å². The number of amides is 2. The van der Waals surface area contributed by atoms with Gasteiger partial charge in [0.25, 0.3) is 5.91 Å². The Bertz CT molecular complexity index is 378. The fourth-order valence-electron chi connectivity index (χ4n) is 0.917. The number of nitrogens with two attached hydrogens (primary N) is 1. The van der Waals surface area contributed by atoms with E-state index in [1.165, 1.54) is 13.1 Å². The van der Waals surface area contributed by atoms with Gasteiger partial charge >= 0.3 is 0 Å². The summed E-state index contributed by atoms with van der Waals surface area (Å²) in [6, 6.07) is 4.72. The molecule has 2 amide bonds. The lowest BCUT2D eigenvalue weighted by atomic mass is 10.3. The molecule has 0 atom stereocenters. The molecule has 15 heavy (non-hydrogen) atoms. The maximum absolute atomic E-state index is 11.4. The van der Waals surface area contributed by atoms with Gasteiger partial charge in [-0.25, -0.2) is 4.98 Å². The average Bonchev–Trinajstić information content (AvgIpc) is 2.25. The molecule has 0 unspecified atom stereocenters. The zero-order valence-electron chi connectivity index (χ0n) is 8.28. The molecule has 1 aromatic heterocycles. The van der Waals surface area contributed by atoms with Crippen LogP contribution in [0.3, 0.4) is 0 Å². The SMILES string of the molecule is CNC(=O)CNC(=O)c1cccc(N)n1. The van der Waals surface area contributed by atoms with Crippen molar-refractivity contribution in [1.29, 1.82) is 0 Å². The lowest BCUT2D eigenvalue weighted by molar-refractivity contribution is -0.119. The number of likely N-dealkylation sites (N-methyl/N-ethyl adjacent to an activating group) is 1. The molecule has 4 N–H and O–H groups in total. The van der Waals surface area contributed by atoms with E-state index in [2.05, 4.69) is 15.6 Å². The summed E-state index contributed by atoms with van der Waals surface area (Å²) in [5.74, 6) is -0.430. The topological polar surface area (TPSA) is 97.1 Å². The molecule has 80 valence electrons. The zero-order valence-corrected chi connectivity index (χ0v) is 8.28. The summed E-state index contributed by atoms with van der Waals surface area (Å²) in [5, 5.41) is 4.79. The Morgan fingerprint density at radius 2 is 2.20 bits per heavy atom. The lowest BCUT2D eigenvalue weighted by Gasteiger charge is -2.03. The van der Waals surface area contributed by atoms with Crippen molar-refractivity contribution in [3.63, 3.8) is 0 Å². The maximum Gasteiger partial charge on any atom is 0.270 e. The van der Waals surface area contributed by atoms with Gasteiger partial charge in [-0.2, -0.15) is 0 Å². The molecule has 0 aromatic carbocycles. The van der Waals surface area contributed by atoms with Gasteiger partial charge in [-0.05, 0) is 12.1 Å². The Hall–Kier alpha value is -2.11. The van der Waals surface area contributed by atoms with Crippen LogP contribution >= 0.6 is 0 Å². The summed E-state index contributed by atoms with van der Waals surface area (Å²) in [7, 11) is 1.49. The van der Waals surface area contributed by atoms with Crippen molar-refractivity contribution < 1.29 is 9.59 Å². The Morgan fingerprint density at radius 3 is 2.80 bits per heavy atom. The molecule has 0 bridgehead atoms. The minimum atomic E-state index is -0.425. The first-order valence-electron chi connectivity index (χ1n) is 4.35. The standard InChI is InChI=1S/C9H12N4O2/c1-11-8(14)5-12-9(15)6-3-2-4-7(10)13-6/h2-4H,5H2,1H3,(H2,10,13)(H,11,14)(H,12,15). The molecule has 0 aliphatic heterocycles.